The van der Waals surface area contributed by atoms with Crippen molar-refractivity contribution in [2.24, 2.45) is 0 Å². The predicted octanol–water partition coefficient (Wildman–Crippen LogP) is 5.41. The van der Waals surface area contributed by atoms with Crippen molar-refractivity contribution in [3.8, 4) is 5.75 Å². The van der Waals surface area contributed by atoms with Crippen molar-refractivity contribution in [2.45, 2.75) is 13.5 Å². The topological polar surface area (TPSA) is 51.5 Å². The summed E-state index contributed by atoms with van der Waals surface area (Å²) in [5.41, 5.74) is 4.28. The highest BCUT2D eigenvalue weighted by atomic mass is 79.9. The molecule has 0 spiro atoms. The second kappa shape index (κ2) is 6.74. The SMILES string of the molecule is COC(=O)c1cccc2c1c1c(O)cc(C)cc1n2Cc1ccccc1Br. The van der Waals surface area contributed by atoms with E-state index in [0.717, 1.165) is 26.6 Å². The molecule has 136 valence electrons. The number of aryl methyl sites for hydroxylation is 1. The smallest absolute Gasteiger partial charge is 0.338 e. The maximum absolute atomic E-state index is 12.4. The van der Waals surface area contributed by atoms with Gasteiger partial charge in [-0.05, 0) is 48.4 Å². The summed E-state index contributed by atoms with van der Waals surface area (Å²) < 4.78 is 8.11. The van der Waals surface area contributed by atoms with Crippen LogP contribution in [0.4, 0.5) is 0 Å². The fourth-order valence-corrected chi connectivity index (χ4v) is 4.03. The van der Waals surface area contributed by atoms with Gasteiger partial charge in [-0.25, -0.2) is 4.79 Å². The Hall–Kier alpha value is -2.79. The first-order valence-corrected chi connectivity index (χ1v) is 9.37. The van der Waals surface area contributed by atoms with Gasteiger partial charge in [-0.1, -0.05) is 40.2 Å². The molecule has 0 amide bonds. The predicted molar refractivity (Wildman–Crippen MR) is 110 cm³/mol. The summed E-state index contributed by atoms with van der Waals surface area (Å²) in [4.78, 5) is 12.4. The molecule has 0 fully saturated rings. The van der Waals surface area contributed by atoms with Crippen molar-refractivity contribution < 1.29 is 14.6 Å². The molecular formula is C22H18BrNO3. The molecule has 4 aromatic rings. The number of phenols is 1. The molecule has 0 bridgehead atoms. The zero-order valence-corrected chi connectivity index (χ0v) is 16.6. The molecule has 4 rings (SSSR count). The number of methoxy groups -OCH3 is 1. The Morgan fingerprint density at radius 2 is 1.85 bits per heavy atom. The highest BCUT2D eigenvalue weighted by Crippen LogP contribution is 2.39. The summed E-state index contributed by atoms with van der Waals surface area (Å²) in [5.74, 6) is -0.252. The van der Waals surface area contributed by atoms with Crippen LogP contribution < -0.4 is 0 Å². The number of nitrogens with zero attached hydrogens (tertiary/aromatic N) is 1. The Kier molecular flexibility index (Phi) is 4.40. The fourth-order valence-electron chi connectivity index (χ4n) is 3.62. The lowest BCUT2D eigenvalue weighted by Gasteiger charge is -2.10. The van der Waals surface area contributed by atoms with Crippen LogP contribution in [0.25, 0.3) is 21.8 Å². The Labute approximate surface area is 165 Å². The molecule has 0 aliphatic heterocycles. The molecule has 1 N–H and O–H groups in total. The zero-order chi connectivity index (χ0) is 19.1. The van der Waals surface area contributed by atoms with Crippen LogP contribution in [-0.4, -0.2) is 22.8 Å². The van der Waals surface area contributed by atoms with Gasteiger partial charge in [0.15, 0.2) is 0 Å². The van der Waals surface area contributed by atoms with Gasteiger partial charge in [0.2, 0.25) is 0 Å². The lowest BCUT2D eigenvalue weighted by atomic mass is 10.0. The summed E-state index contributed by atoms with van der Waals surface area (Å²) in [6.45, 7) is 2.55. The molecule has 0 saturated carbocycles. The number of aromatic nitrogens is 1. The van der Waals surface area contributed by atoms with E-state index >= 15 is 0 Å². The maximum atomic E-state index is 12.4. The lowest BCUT2D eigenvalue weighted by Crippen LogP contribution is -2.03. The molecule has 3 aromatic carbocycles. The van der Waals surface area contributed by atoms with Gasteiger partial charge in [0.05, 0.1) is 29.1 Å². The summed E-state index contributed by atoms with van der Waals surface area (Å²) in [7, 11) is 1.37. The van der Waals surface area contributed by atoms with E-state index in [0.29, 0.717) is 22.9 Å². The Morgan fingerprint density at radius 1 is 1.07 bits per heavy atom. The van der Waals surface area contributed by atoms with Crippen molar-refractivity contribution in [2.75, 3.05) is 7.11 Å². The molecule has 0 radical (unpaired) electrons. The largest absolute Gasteiger partial charge is 0.507 e. The van der Waals surface area contributed by atoms with Gasteiger partial charge in [-0.3, -0.25) is 0 Å². The number of aromatic hydroxyl groups is 1. The normalized spacial score (nSPS) is 11.2. The standard InChI is InChI=1S/C22H18BrNO3/c1-13-10-18-21(19(25)11-13)20-15(22(26)27-2)7-5-9-17(20)24(18)12-14-6-3-4-8-16(14)23/h3-11,25H,12H2,1-2H3. The minimum Gasteiger partial charge on any atom is -0.507 e. The third-order valence-electron chi connectivity index (χ3n) is 4.81. The number of esters is 1. The van der Waals surface area contributed by atoms with E-state index in [-0.39, 0.29) is 5.75 Å². The number of carbonyl (C=O) groups excluding carboxylic acids is 1. The van der Waals surface area contributed by atoms with Gasteiger partial charge in [0.25, 0.3) is 0 Å². The summed E-state index contributed by atoms with van der Waals surface area (Å²) in [5, 5.41) is 12.1. The molecule has 1 aromatic heterocycles. The van der Waals surface area contributed by atoms with E-state index in [1.807, 2.05) is 43.3 Å². The third-order valence-corrected chi connectivity index (χ3v) is 5.58. The molecule has 5 heteroatoms. The third kappa shape index (κ3) is 2.88. The lowest BCUT2D eigenvalue weighted by molar-refractivity contribution is 0.0603. The number of carbonyl (C=O) groups is 1. The molecule has 0 atom stereocenters. The first kappa shape index (κ1) is 17.6. The second-order valence-electron chi connectivity index (χ2n) is 6.55. The van der Waals surface area contributed by atoms with Crippen molar-refractivity contribution in [1.29, 1.82) is 0 Å². The van der Waals surface area contributed by atoms with Crippen LogP contribution in [0.2, 0.25) is 0 Å². The number of fused-ring (bicyclic) bond motifs is 3. The van der Waals surface area contributed by atoms with Crippen molar-refractivity contribution in [1.82, 2.24) is 4.57 Å². The van der Waals surface area contributed by atoms with E-state index in [2.05, 4.69) is 26.6 Å². The van der Waals surface area contributed by atoms with Crippen LogP contribution in [0.3, 0.4) is 0 Å². The van der Waals surface area contributed by atoms with E-state index in [9.17, 15) is 9.90 Å². The fraction of sp³-hybridized carbons (Fsp3) is 0.136. The average molecular weight is 424 g/mol. The first-order chi connectivity index (χ1) is 13.0. The van der Waals surface area contributed by atoms with Gasteiger partial charge in [-0.2, -0.15) is 0 Å². The summed E-state index contributed by atoms with van der Waals surface area (Å²) in [6, 6.07) is 17.3. The van der Waals surface area contributed by atoms with Crippen molar-refractivity contribution >= 4 is 43.7 Å². The number of hydrogen-bond donors (Lipinski definition) is 1. The van der Waals surface area contributed by atoms with Crippen LogP contribution in [-0.2, 0) is 11.3 Å². The Bertz CT molecular complexity index is 1190. The number of hydrogen-bond acceptors (Lipinski definition) is 3. The molecule has 1 heterocycles. The van der Waals surface area contributed by atoms with Gasteiger partial charge >= 0.3 is 5.97 Å². The average Bonchev–Trinajstić information content (AvgIpc) is 2.96. The quantitative estimate of drug-likeness (QED) is 0.448. The Balaban J connectivity index is 2.11. The van der Waals surface area contributed by atoms with Crippen LogP contribution in [0, 0.1) is 6.92 Å². The maximum Gasteiger partial charge on any atom is 0.338 e. The highest BCUT2D eigenvalue weighted by molar-refractivity contribution is 9.10. The molecular weight excluding hydrogens is 406 g/mol. The Morgan fingerprint density at radius 3 is 2.59 bits per heavy atom. The van der Waals surface area contributed by atoms with Gasteiger partial charge in [0.1, 0.15) is 5.75 Å². The molecule has 0 saturated heterocycles. The van der Waals surface area contributed by atoms with Crippen LogP contribution >= 0.6 is 15.9 Å². The van der Waals surface area contributed by atoms with Crippen molar-refractivity contribution in [3.63, 3.8) is 0 Å². The molecule has 0 aliphatic rings. The van der Waals surface area contributed by atoms with Gasteiger partial charge < -0.3 is 14.4 Å². The monoisotopic (exact) mass is 423 g/mol. The summed E-state index contributed by atoms with van der Waals surface area (Å²) in [6.07, 6.45) is 0. The zero-order valence-electron chi connectivity index (χ0n) is 15.0. The van der Waals surface area contributed by atoms with E-state index < -0.39 is 5.97 Å². The van der Waals surface area contributed by atoms with E-state index in [4.69, 9.17) is 4.74 Å². The second-order valence-corrected chi connectivity index (χ2v) is 7.40. The molecule has 4 nitrogen and oxygen atoms in total. The minimum atomic E-state index is -0.416. The first-order valence-electron chi connectivity index (χ1n) is 8.57. The molecule has 0 aliphatic carbocycles. The number of rotatable bonds is 3. The van der Waals surface area contributed by atoms with Gasteiger partial charge in [0, 0.05) is 16.4 Å². The van der Waals surface area contributed by atoms with Crippen LogP contribution in [0.1, 0.15) is 21.5 Å². The molecule has 0 unspecified atom stereocenters. The molecule has 27 heavy (non-hydrogen) atoms. The van der Waals surface area contributed by atoms with Crippen LogP contribution in [0.15, 0.2) is 59.1 Å². The van der Waals surface area contributed by atoms with Gasteiger partial charge in [-0.15, -0.1) is 0 Å². The summed E-state index contributed by atoms with van der Waals surface area (Å²) >= 11 is 3.61. The van der Waals surface area contributed by atoms with Crippen molar-refractivity contribution in [3.05, 3.63) is 75.8 Å². The number of phenolic OH excluding ortho intramolecular Hbond substituents is 1. The van der Waals surface area contributed by atoms with E-state index in [1.54, 1.807) is 12.1 Å². The van der Waals surface area contributed by atoms with E-state index in [1.165, 1.54) is 7.11 Å². The number of benzene rings is 3. The highest BCUT2D eigenvalue weighted by Gasteiger charge is 2.21. The number of halogens is 1. The van der Waals surface area contributed by atoms with Crippen LogP contribution in [0.5, 0.6) is 5.75 Å². The number of ether oxygens (including phenoxy) is 1. The minimum absolute atomic E-state index is 0.164.